The second-order valence-electron chi connectivity index (χ2n) is 11.7. The zero-order chi connectivity index (χ0) is 27.3. The summed E-state index contributed by atoms with van der Waals surface area (Å²) < 4.78 is 1.36. The van der Waals surface area contributed by atoms with Crippen LogP contribution in [0.25, 0.3) is 0 Å². The Labute approximate surface area is 228 Å². The van der Waals surface area contributed by atoms with Gasteiger partial charge < -0.3 is 14.4 Å². The molecule has 0 aromatic heterocycles. The summed E-state index contributed by atoms with van der Waals surface area (Å²) in [6.45, 7) is 15.2. The van der Waals surface area contributed by atoms with E-state index < -0.39 is 5.97 Å². The van der Waals surface area contributed by atoms with Crippen molar-refractivity contribution in [2.24, 2.45) is 5.92 Å². The lowest BCUT2D eigenvalue weighted by Crippen LogP contribution is -2.46. The van der Waals surface area contributed by atoms with Gasteiger partial charge in [0.05, 0.1) is 26.7 Å². The van der Waals surface area contributed by atoms with Gasteiger partial charge in [-0.3, -0.25) is 0 Å². The number of nitrogens with zero attached hydrogens (tertiary/aromatic N) is 1. The summed E-state index contributed by atoms with van der Waals surface area (Å²) in [5, 5.41) is 10.3. The van der Waals surface area contributed by atoms with Crippen LogP contribution < -0.4 is 5.11 Å². The second-order valence-corrected chi connectivity index (χ2v) is 11.7. The molecule has 0 aliphatic rings. The van der Waals surface area contributed by atoms with Gasteiger partial charge in [-0.1, -0.05) is 125 Å². The fourth-order valence-electron chi connectivity index (χ4n) is 5.10. The fourth-order valence-corrected chi connectivity index (χ4v) is 5.10. The SMILES string of the molecule is CCCCC(CC)C(=O)[O-].CCCCCCCC[N+](C)(CCCCCCCC)CCCCCCCC. The van der Waals surface area contributed by atoms with E-state index in [-0.39, 0.29) is 5.92 Å². The molecule has 0 amide bonds. The molecule has 1 unspecified atom stereocenters. The summed E-state index contributed by atoms with van der Waals surface area (Å²) in [5.74, 6) is -1.11. The fraction of sp³-hybridized carbons (Fsp3) is 0.970. The third kappa shape index (κ3) is 26.5. The van der Waals surface area contributed by atoms with Gasteiger partial charge >= 0.3 is 0 Å². The Morgan fingerprint density at radius 2 is 0.833 bits per heavy atom. The van der Waals surface area contributed by atoms with Crippen LogP contribution in [-0.2, 0) is 4.79 Å². The quantitative estimate of drug-likeness (QED) is 0.0856. The smallest absolute Gasteiger partial charge is 0.0784 e. The Hall–Kier alpha value is -0.570. The van der Waals surface area contributed by atoms with Crippen molar-refractivity contribution in [3.05, 3.63) is 0 Å². The monoisotopic (exact) mass is 512 g/mol. The van der Waals surface area contributed by atoms with Crippen LogP contribution in [0.5, 0.6) is 0 Å². The van der Waals surface area contributed by atoms with E-state index in [1.54, 1.807) is 0 Å². The molecular formula is C33H69NO2. The Bertz CT molecular complexity index is 397. The highest BCUT2D eigenvalue weighted by Gasteiger charge is 2.20. The Morgan fingerprint density at radius 1 is 0.528 bits per heavy atom. The standard InChI is InChI=1S/C25H54N.C8H16O2/c1-5-8-11-14-17-20-23-26(4,24-21-18-15-12-9-6-2)25-22-19-16-13-10-7-3;1-3-5-6-7(4-2)8(9)10/h5-25H2,1-4H3;7H,3-6H2,1-2H3,(H,9,10)/q+1;/p-1. The van der Waals surface area contributed by atoms with Crippen molar-refractivity contribution in [2.75, 3.05) is 26.7 Å². The van der Waals surface area contributed by atoms with Crippen LogP contribution in [0.2, 0.25) is 0 Å². The number of hydrogen-bond acceptors (Lipinski definition) is 2. The van der Waals surface area contributed by atoms with E-state index in [0.717, 1.165) is 19.3 Å². The van der Waals surface area contributed by atoms with Crippen LogP contribution in [0, 0.1) is 5.92 Å². The van der Waals surface area contributed by atoms with Crippen molar-refractivity contribution in [3.8, 4) is 0 Å². The molecule has 0 aromatic carbocycles. The van der Waals surface area contributed by atoms with Crippen LogP contribution in [0.4, 0.5) is 0 Å². The third-order valence-corrected chi connectivity index (χ3v) is 7.89. The lowest BCUT2D eigenvalue weighted by Gasteiger charge is -2.35. The number of carboxylic acids is 1. The first kappa shape index (κ1) is 37.6. The van der Waals surface area contributed by atoms with Gasteiger partial charge in [0.2, 0.25) is 0 Å². The molecule has 0 aliphatic carbocycles. The summed E-state index contributed by atoms with van der Waals surface area (Å²) in [6.07, 6.45) is 29.4. The van der Waals surface area contributed by atoms with Crippen LogP contribution in [0.1, 0.15) is 176 Å². The van der Waals surface area contributed by atoms with Gasteiger partial charge in [0.15, 0.2) is 0 Å². The molecule has 0 saturated carbocycles. The van der Waals surface area contributed by atoms with Gasteiger partial charge in [-0.15, -0.1) is 0 Å². The first-order chi connectivity index (χ1) is 17.4. The Morgan fingerprint density at radius 3 is 1.11 bits per heavy atom. The van der Waals surface area contributed by atoms with Crippen molar-refractivity contribution in [3.63, 3.8) is 0 Å². The average molecular weight is 512 g/mol. The van der Waals surface area contributed by atoms with Crippen molar-refractivity contribution in [2.45, 2.75) is 176 Å². The van der Waals surface area contributed by atoms with Gasteiger partial charge in [0.1, 0.15) is 0 Å². The minimum atomic E-state index is -0.893. The lowest BCUT2D eigenvalue weighted by molar-refractivity contribution is -0.910. The maximum atomic E-state index is 10.3. The number of quaternary nitrogens is 1. The molecule has 0 fully saturated rings. The highest BCUT2D eigenvalue weighted by atomic mass is 16.4. The van der Waals surface area contributed by atoms with Crippen LogP contribution in [-0.4, -0.2) is 37.1 Å². The van der Waals surface area contributed by atoms with Crippen molar-refractivity contribution in [1.82, 2.24) is 0 Å². The molecule has 0 bridgehead atoms. The molecule has 0 saturated heterocycles. The normalized spacial score (nSPS) is 12.3. The zero-order valence-electron chi connectivity index (χ0n) is 26.0. The summed E-state index contributed by atoms with van der Waals surface area (Å²) in [6, 6.07) is 0. The number of carbonyl (C=O) groups is 1. The molecule has 0 heterocycles. The Kier molecular flexibility index (Phi) is 30.3. The number of aliphatic carboxylic acids is 1. The average Bonchev–Trinajstić information content (AvgIpc) is 2.86. The van der Waals surface area contributed by atoms with Gasteiger partial charge in [0.25, 0.3) is 0 Å². The molecule has 36 heavy (non-hydrogen) atoms. The largest absolute Gasteiger partial charge is 0.550 e. The highest BCUT2D eigenvalue weighted by Crippen LogP contribution is 2.16. The maximum Gasteiger partial charge on any atom is 0.0784 e. The van der Waals surface area contributed by atoms with E-state index in [0.29, 0.717) is 6.42 Å². The van der Waals surface area contributed by atoms with Gasteiger partial charge in [-0.25, -0.2) is 0 Å². The van der Waals surface area contributed by atoms with E-state index in [1.807, 2.05) is 6.92 Å². The molecule has 0 aliphatic heterocycles. The van der Waals surface area contributed by atoms with E-state index >= 15 is 0 Å². The molecule has 0 rings (SSSR count). The topological polar surface area (TPSA) is 40.1 Å². The number of hydrogen-bond donors (Lipinski definition) is 0. The predicted octanol–water partition coefficient (Wildman–Crippen LogP) is 9.47. The molecule has 0 radical (unpaired) electrons. The lowest BCUT2D eigenvalue weighted by atomic mass is 10.00. The zero-order valence-corrected chi connectivity index (χ0v) is 26.0. The molecule has 218 valence electrons. The highest BCUT2D eigenvalue weighted by molar-refractivity contribution is 5.67. The van der Waals surface area contributed by atoms with Gasteiger partial charge in [-0.05, 0) is 57.3 Å². The summed E-state index contributed by atoms with van der Waals surface area (Å²) >= 11 is 0. The number of carboxylic acid groups (broad SMARTS) is 1. The minimum absolute atomic E-state index is 0.222. The van der Waals surface area contributed by atoms with Gasteiger partial charge in [-0.2, -0.15) is 0 Å². The maximum absolute atomic E-state index is 10.3. The summed E-state index contributed by atoms with van der Waals surface area (Å²) in [4.78, 5) is 10.3. The van der Waals surface area contributed by atoms with Crippen LogP contribution in [0.3, 0.4) is 0 Å². The number of carbonyl (C=O) groups excluding carboxylic acids is 1. The van der Waals surface area contributed by atoms with Crippen molar-refractivity contribution < 1.29 is 14.4 Å². The summed E-state index contributed by atoms with van der Waals surface area (Å²) in [7, 11) is 2.56. The Balaban J connectivity index is 0. The molecular weight excluding hydrogens is 442 g/mol. The number of rotatable bonds is 26. The molecule has 3 nitrogen and oxygen atoms in total. The molecule has 1 atom stereocenters. The van der Waals surface area contributed by atoms with Crippen LogP contribution in [0.15, 0.2) is 0 Å². The van der Waals surface area contributed by atoms with Crippen LogP contribution >= 0.6 is 0 Å². The molecule has 0 N–H and O–H groups in total. The van der Waals surface area contributed by atoms with Crippen molar-refractivity contribution in [1.29, 1.82) is 0 Å². The second kappa shape index (κ2) is 29.0. The third-order valence-electron chi connectivity index (χ3n) is 7.89. The molecule has 0 spiro atoms. The van der Waals surface area contributed by atoms with Crippen molar-refractivity contribution >= 4 is 5.97 Å². The van der Waals surface area contributed by atoms with E-state index in [2.05, 4.69) is 34.7 Å². The first-order valence-corrected chi connectivity index (χ1v) is 16.4. The van der Waals surface area contributed by atoms with E-state index in [1.165, 1.54) is 140 Å². The first-order valence-electron chi connectivity index (χ1n) is 16.4. The van der Waals surface area contributed by atoms with Gasteiger partial charge in [0, 0.05) is 5.97 Å². The number of unbranched alkanes of at least 4 members (excludes halogenated alkanes) is 16. The predicted molar refractivity (Wildman–Crippen MR) is 159 cm³/mol. The minimum Gasteiger partial charge on any atom is -0.550 e. The molecule has 0 aromatic rings. The molecule has 3 heteroatoms. The van der Waals surface area contributed by atoms with E-state index in [4.69, 9.17) is 0 Å². The summed E-state index contributed by atoms with van der Waals surface area (Å²) in [5.41, 5.74) is 0. The van der Waals surface area contributed by atoms with E-state index in [9.17, 15) is 9.90 Å².